The van der Waals surface area contributed by atoms with Crippen LogP contribution in [-0.2, 0) is 7.05 Å². The minimum atomic E-state index is -0.00472. The molecular formula is C12H14N2O. The molecule has 1 aromatic heterocycles. The van der Waals surface area contributed by atoms with Crippen LogP contribution in [0.3, 0.4) is 0 Å². The molecule has 3 nitrogen and oxygen atoms in total. The molecule has 0 unspecified atom stereocenters. The zero-order valence-corrected chi connectivity index (χ0v) is 8.95. The van der Waals surface area contributed by atoms with Crippen LogP contribution in [0.25, 0.3) is 10.9 Å². The van der Waals surface area contributed by atoms with E-state index in [0.29, 0.717) is 0 Å². The first-order valence-electron chi connectivity index (χ1n) is 4.93. The zero-order chi connectivity index (χ0) is 11.0. The van der Waals surface area contributed by atoms with Crippen LogP contribution in [0.4, 0.5) is 0 Å². The number of hydrogen-bond donors (Lipinski definition) is 1. The molecule has 78 valence electrons. The van der Waals surface area contributed by atoms with Crippen molar-refractivity contribution in [1.82, 2.24) is 4.57 Å². The van der Waals surface area contributed by atoms with Gasteiger partial charge in [0.25, 0.3) is 0 Å². The number of carbonyl (C=O) groups excluding carboxylic acids is 1. The number of fused-ring (bicyclic) bond motifs is 1. The molecule has 2 rings (SSSR count). The third-order valence-electron chi connectivity index (χ3n) is 2.71. The van der Waals surface area contributed by atoms with Crippen LogP contribution in [0.1, 0.15) is 15.9 Å². The van der Waals surface area contributed by atoms with Crippen molar-refractivity contribution in [1.29, 1.82) is 0 Å². The molecule has 0 saturated heterocycles. The molecule has 0 fully saturated rings. The number of ketones is 1. The molecule has 15 heavy (non-hydrogen) atoms. The molecule has 1 aromatic carbocycles. The van der Waals surface area contributed by atoms with Crippen molar-refractivity contribution in [2.75, 3.05) is 6.54 Å². The first-order chi connectivity index (χ1) is 7.15. The van der Waals surface area contributed by atoms with E-state index in [0.717, 1.165) is 22.0 Å². The Morgan fingerprint density at radius 1 is 1.47 bits per heavy atom. The van der Waals surface area contributed by atoms with E-state index >= 15 is 0 Å². The summed E-state index contributed by atoms with van der Waals surface area (Å²) in [5, 5.41) is 1.02. The standard InChI is InChI=1S/C12H14N2O/c1-8-4-3-5-10-12(8)9(7-14(10)2)11(15)6-13/h3-5,7H,6,13H2,1-2H3. The van der Waals surface area contributed by atoms with Gasteiger partial charge in [0.1, 0.15) is 0 Å². The summed E-state index contributed by atoms with van der Waals surface area (Å²) in [7, 11) is 1.94. The second kappa shape index (κ2) is 3.51. The van der Waals surface area contributed by atoms with Crippen molar-refractivity contribution in [3.05, 3.63) is 35.5 Å². The Kier molecular flexibility index (Phi) is 2.32. The third-order valence-corrected chi connectivity index (χ3v) is 2.71. The number of hydrogen-bond acceptors (Lipinski definition) is 2. The summed E-state index contributed by atoms with van der Waals surface area (Å²) < 4.78 is 1.96. The fourth-order valence-electron chi connectivity index (χ4n) is 1.95. The molecule has 0 aliphatic rings. The zero-order valence-electron chi connectivity index (χ0n) is 8.95. The van der Waals surface area contributed by atoms with Crippen LogP contribution >= 0.6 is 0 Å². The molecule has 0 spiro atoms. The van der Waals surface area contributed by atoms with Gasteiger partial charge in [-0.1, -0.05) is 12.1 Å². The Labute approximate surface area is 88.5 Å². The van der Waals surface area contributed by atoms with Gasteiger partial charge >= 0.3 is 0 Å². The van der Waals surface area contributed by atoms with Crippen LogP contribution in [0.5, 0.6) is 0 Å². The van der Waals surface area contributed by atoms with Crippen LogP contribution < -0.4 is 5.73 Å². The number of carbonyl (C=O) groups is 1. The van der Waals surface area contributed by atoms with E-state index < -0.39 is 0 Å². The predicted molar refractivity (Wildman–Crippen MR) is 61.0 cm³/mol. The Morgan fingerprint density at radius 2 is 2.20 bits per heavy atom. The van der Waals surface area contributed by atoms with Crippen molar-refractivity contribution in [2.24, 2.45) is 12.8 Å². The van der Waals surface area contributed by atoms with Crippen molar-refractivity contribution >= 4 is 16.7 Å². The number of nitrogens with zero attached hydrogens (tertiary/aromatic N) is 1. The summed E-state index contributed by atoms with van der Waals surface area (Å²) in [5.74, 6) is -0.00472. The number of nitrogens with two attached hydrogens (primary N) is 1. The van der Waals surface area contributed by atoms with E-state index in [-0.39, 0.29) is 12.3 Å². The maximum absolute atomic E-state index is 11.7. The van der Waals surface area contributed by atoms with Gasteiger partial charge in [-0.3, -0.25) is 4.79 Å². The van der Waals surface area contributed by atoms with Gasteiger partial charge in [0.15, 0.2) is 5.78 Å². The summed E-state index contributed by atoms with van der Waals surface area (Å²) in [4.78, 5) is 11.7. The minimum absolute atomic E-state index is 0.00472. The van der Waals surface area contributed by atoms with E-state index in [1.807, 2.05) is 42.9 Å². The van der Waals surface area contributed by atoms with E-state index in [1.54, 1.807) is 0 Å². The second-order valence-corrected chi connectivity index (χ2v) is 3.75. The first kappa shape index (κ1) is 9.93. The fraction of sp³-hybridized carbons (Fsp3) is 0.250. The van der Waals surface area contributed by atoms with Crippen LogP contribution in [-0.4, -0.2) is 16.9 Å². The lowest BCUT2D eigenvalue weighted by molar-refractivity contribution is 0.100. The van der Waals surface area contributed by atoms with Crippen LogP contribution in [0.15, 0.2) is 24.4 Å². The Bertz CT molecular complexity index is 526. The highest BCUT2D eigenvalue weighted by atomic mass is 16.1. The summed E-state index contributed by atoms with van der Waals surface area (Å²) in [5.41, 5.74) is 8.32. The van der Waals surface area contributed by atoms with Crippen LogP contribution in [0.2, 0.25) is 0 Å². The van der Waals surface area contributed by atoms with Crippen LogP contribution in [0, 0.1) is 6.92 Å². The number of rotatable bonds is 2. The topological polar surface area (TPSA) is 48.0 Å². The highest BCUT2D eigenvalue weighted by molar-refractivity contribution is 6.09. The van der Waals surface area contributed by atoms with E-state index in [4.69, 9.17) is 5.73 Å². The monoisotopic (exact) mass is 202 g/mol. The highest BCUT2D eigenvalue weighted by Gasteiger charge is 2.13. The lowest BCUT2D eigenvalue weighted by Crippen LogP contribution is -2.13. The molecule has 0 bridgehead atoms. The number of benzene rings is 1. The predicted octanol–water partition coefficient (Wildman–Crippen LogP) is 1.63. The second-order valence-electron chi connectivity index (χ2n) is 3.75. The number of aromatic nitrogens is 1. The van der Waals surface area contributed by atoms with Gasteiger partial charge in [-0.05, 0) is 18.6 Å². The Balaban J connectivity index is 2.81. The van der Waals surface area contributed by atoms with E-state index in [9.17, 15) is 4.79 Å². The van der Waals surface area contributed by atoms with Crippen molar-refractivity contribution in [3.8, 4) is 0 Å². The van der Waals surface area contributed by atoms with Gasteiger partial charge in [-0.2, -0.15) is 0 Å². The van der Waals surface area contributed by atoms with Gasteiger partial charge in [-0.25, -0.2) is 0 Å². The molecule has 0 aliphatic heterocycles. The van der Waals surface area contributed by atoms with E-state index in [2.05, 4.69) is 0 Å². The maximum Gasteiger partial charge on any atom is 0.178 e. The number of aryl methyl sites for hydroxylation is 2. The summed E-state index contributed by atoms with van der Waals surface area (Å²) in [6.07, 6.45) is 1.85. The first-order valence-corrected chi connectivity index (χ1v) is 4.93. The van der Waals surface area contributed by atoms with Crippen molar-refractivity contribution in [3.63, 3.8) is 0 Å². The summed E-state index contributed by atoms with van der Waals surface area (Å²) in [6, 6.07) is 6.01. The van der Waals surface area contributed by atoms with Gasteiger partial charge < -0.3 is 10.3 Å². The molecule has 0 saturated carbocycles. The molecule has 2 N–H and O–H groups in total. The molecule has 0 amide bonds. The molecular weight excluding hydrogens is 188 g/mol. The molecule has 3 heteroatoms. The maximum atomic E-state index is 11.7. The highest BCUT2D eigenvalue weighted by Crippen LogP contribution is 2.24. The average Bonchev–Trinajstić information content (AvgIpc) is 2.57. The quantitative estimate of drug-likeness (QED) is 0.752. The summed E-state index contributed by atoms with van der Waals surface area (Å²) >= 11 is 0. The third kappa shape index (κ3) is 1.45. The van der Waals surface area contributed by atoms with Gasteiger partial charge in [0.05, 0.1) is 6.54 Å². The van der Waals surface area contributed by atoms with E-state index in [1.165, 1.54) is 0 Å². The average molecular weight is 202 g/mol. The molecule has 0 atom stereocenters. The smallest absolute Gasteiger partial charge is 0.178 e. The molecule has 2 aromatic rings. The normalized spacial score (nSPS) is 10.9. The molecule has 1 heterocycles. The van der Waals surface area contributed by atoms with Gasteiger partial charge in [-0.15, -0.1) is 0 Å². The number of Topliss-reactive ketones (excluding diaryl/α,β-unsaturated/α-hetero) is 1. The fourth-order valence-corrected chi connectivity index (χ4v) is 1.95. The van der Waals surface area contributed by atoms with Crippen molar-refractivity contribution < 1.29 is 4.79 Å². The Morgan fingerprint density at radius 3 is 2.87 bits per heavy atom. The molecule has 0 aliphatic carbocycles. The minimum Gasteiger partial charge on any atom is -0.350 e. The SMILES string of the molecule is Cc1cccc2c1c(C(=O)CN)cn2C. The summed E-state index contributed by atoms with van der Waals surface area (Å²) in [6.45, 7) is 2.07. The largest absolute Gasteiger partial charge is 0.350 e. The molecule has 0 radical (unpaired) electrons. The van der Waals surface area contributed by atoms with Gasteiger partial charge in [0, 0.05) is 29.7 Å². The lowest BCUT2D eigenvalue weighted by atomic mass is 10.0. The van der Waals surface area contributed by atoms with Gasteiger partial charge in [0.2, 0.25) is 0 Å². The lowest BCUT2D eigenvalue weighted by Gasteiger charge is -1.99. The Hall–Kier alpha value is -1.61. The van der Waals surface area contributed by atoms with Crippen molar-refractivity contribution in [2.45, 2.75) is 6.92 Å².